The molecule has 3 rings (SSSR count). The van der Waals surface area contributed by atoms with Crippen LogP contribution in [0.2, 0.25) is 0 Å². The second-order valence-electron chi connectivity index (χ2n) is 5.31. The Kier molecular flexibility index (Phi) is 6.62. The molecule has 0 bridgehead atoms. The predicted octanol–water partition coefficient (Wildman–Crippen LogP) is 4.24. The van der Waals surface area contributed by atoms with Gasteiger partial charge < -0.3 is 10.1 Å². The Balaban J connectivity index is 1.38. The Morgan fingerprint density at radius 3 is 2.69 bits per heavy atom. The zero-order chi connectivity index (χ0) is 18.2. The van der Waals surface area contributed by atoms with Gasteiger partial charge in [0.25, 0.3) is 0 Å². The van der Waals surface area contributed by atoms with Crippen molar-refractivity contribution in [1.82, 2.24) is 10.3 Å². The quantitative estimate of drug-likeness (QED) is 0.463. The molecule has 0 saturated carbocycles. The number of ether oxygens (including phenoxy) is 1. The van der Waals surface area contributed by atoms with E-state index in [0.29, 0.717) is 18.9 Å². The van der Waals surface area contributed by atoms with E-state index >= 15 is 0 Å². The molecule has 0 saturated heterocycles. The number of para-hydroxylation sites is 1. The smallest absolute Gasteiger partial charge is 0.230 e. The second kappa shape index (κ2) is 9.35. The third kappa shape index (κ3) is 5.57. The zero-order valence-corrected chi connectivity index (χ0v) is 15.5. The fourth-order valence-electron chi connectivity index (χ4n) is 2.13. The maximum Gasteiger partial charge on any atom is 0.230 e. The molecule has 7 heteroatoms. The number of amides is 1. The SMILES string of the molecule is O=C(CSc1nc(-c2ccc(F)cc2)cs1)NCCOc1ccccc1. The summed E-state index contributed by atoms with van der Waals surface area (Å²) in [6.45, 7) is 0.874. The first-order valence-corrected chi connectivity index (χ1v) is 9.86. The standard InChI is InChI=1S/C19H17FN2O2S2/c20-15-8-6-14(7-9-15)17-12-25-19(22-17)26-13-18(23)21-10-11-24-16-4-2-1-3-5-16/h1-9,12H,10-11,13H2,(H,21,23). The molecule has 1 N–H and O–H groups in total. The Hall–Kier alpha value is -2.38. The van der Waals surface area contributed by atoms with Crippen LogP contribution in [0.1, 0.15) is 0 Å². The van der Waals surface area contributed by atoms with Gasteiger partial charge in [0.1, 0.15) is 18.2 Å². The Morgan fingerprint density at radius 1 is 1.15 bits per heavy atom. The lowest BCUT2D eigenvalue weighted by molar-refractivity contribution is -0.118. The maximum absolute atomic E-state index is 13.0. The average molecular weight is 388 g/mol. The van der Waals surface area contributed by atoms with Gasteiger partial charge in [-0.3, -0.25) is 4.79 Å². The van der Waals surface area contributed by atoms with Crippen molar-refractivity contribution in [2.45, 2.75) is 4.34 Å². The molecular weight excluding hydrogens is 371 g/mol. The molecule has 0 atom stereocenters. The molecule has 0 unspecified atom stereocenters. The summed E-state index contributed by atoms with van der Waals surface area (Å²) >= 11 is 2.85. The van der Waals surface area contributed by atoms with E-state index < -0.39 is 0 Å². The summed E-state index contributed by atoms with van der Waals surface area (Å²) in [4.78, 5) is 16.4. The van der Waals surface area contributed by atoms with E-state index in [4.69, 9.17) is 4.74 Å². The van der Waals surface area contributed by atoms with Crippen LogP contribution in [0.15, 0.2) is 64.3 Å². The summed E-state index contributed by atoms with van der Waals surface area (Å²) in [6, 6.07) is 15.7. The van der Waals surface area contributed by atoms with E-state index in [2.05, 4.69) is 10.3 Å². The van der Waals surface area contributed by atoms with E-state index in [1.807, 2.05) is 35.7 Å². The van der Waals surface area contributed by atoms with Gasteiger partial charge >= 0.3 is 0 Å². The summed E-state index contributed by atoms with van der Waals surface area (Å²) in [6.07, 6.45) is 0. The highest BCUT2D eigenvalue weighted by atomic mass is 32.2. The molecule has 0 aliphatic rings. The number of rotatable bonds is 8. The molecule has 0 aliphatic carbocycles. The monoisotopic (exact) mass is 388 g/mol. The van der Waals surface area contributed by atoms with Crippen LogP contribution in [0, 0.1) is 5.82 Å². The third-order valence-electron chi connectivity index (χ3n) is 3.39. The number of aromatic nitrogens is 1. The Bertz CT molecular complexity index is 838. The topological polar surface area (TPSA) is 51.2 Å². The number of nitrogens with zero attached hydrogens (tertiary/aromatic N) is 1. The van der Waals surface area contributed by atoms with Crippen LogP contribution in [-0.2, 0) is 4.79 Å². The molecule has 1 heterocycles. The van der Waals surface area contributed by atoms with Gasteiger partial charge in [-0.15, -0.1) is 11.3 Å². The number of carbonyl (C=O) groups excluding carboxylic acids is 1. The first-order valence-electron chi connectivity index (χ1n) is 7.99. The van der Waals surface area contributed by atoms with Crippen LogP contribution < -0.4 is 10.1 Å². The van der Waals surface area contributed by atoms with Gasteiger partial charge in [0, 0.05) is 10.9 Å². The van der Waals surface area contributed by atoms with E-state index in [0.717, 1.165) is 21.3 Å². The number of halogens is 1. The molecule has 0 spiro atoms. The fraction of sp³-hybridized carbons (Fsp3) is 0.158. The minimum atomic E-state index is -0.272. The molecule has 0 fully saturated rings. The van der Waals surface area contributed by atoms with Crippen molar-refractivity contribution in [3.8, 4) is 17.0 Å². The van der Waals surface area contributed by atoms with Gasteiger partial charge in [0.15, 0.2) is 4.34 Å². The zero-order valence-electron chi connectivity index (χ0n) is 13.9. The van der Waals surface area contributed by atoms with Crippen LogP contribution in [0.4, 0.5) is 4.39 Å². The summed E-state index contributed by atoms with van der Waals surface area (Å²) in [5.41, 5.74) is 1.64. The van der Waals surface area contributed by atoms with Crippen molar-refractivity contribution in [1.29, 1.82) is 0 Å². The molecule has 2 aromatic carbocycles. The third-order valence-corrected chi connectivity index (χ3v) is 5.41. The second-order valence-corrected chi connectivity index (χ2v) is 7.39. The van der Waals surface area contributed by atoms with Crippen LogP contribution in [-0.4, -0.2) is 29.8 Å². The predicted molar refractivity (Wildman–Crippen MR) is 103 cm³/mol. The first kappa shape index (κ1) is 18.4. The minimum Gasteiger partial charge on any atom is -0.492 e. The maximum atomic E-state index is 13.0. The number of thiazole rings is 1. The number of hydrogen-bond acceptors (Lipinski definition) is 5. The van der Waals surface area contributed by atoms with Crippen molar-refractivity contribution in [3.05, 3.63) is 65.8 Å². The van der Waals surface area contributed by atoms with Crippen LogP contribution in [0.5, 0.6) is 5.75 Å². The molecule has 0 aliphatic heterocycles. The highest BCUT2D eigenvalue weighted by Crippen LogP contribution is 2.28. The number of benzene rings is 2. The molecule has 0 radical (unpaired) electrons. The van der Waals surface area contributed by atoms with Gasteiger partial charge in [-0.1, -0.05) is 30.0 Å². The van der Waals surface area contributed by atoms with Crippen molar-refractivity contribution in [2.24, 2.45) is 0 Å². The minimum absolute atomic E-state index is 0.0646. The van der Waals surface area contributed by atoms with E-state index in [1.165, 1.54) is 35.2 Å². The Morgan fingerprint density at radius 2 is 1.92 bits per heavy atom. The highest BCUT2D eigenvalue weighted by molar-refractivity contribution is 8.01. The molecule has 3 aromatic rings. The van der Waals surface area contributed by atoms with Crippen molar-refractivity contribution >= 4 is 29.0 Å². The number of hydrogen-bond donors (Lipinski definition) is 1. The fourth-order valence-corrected chi connectivity index (χ4v) is 3.80. The number of nitrogens with one attached hydrogen (secondary N) is 1. The average Bonchev–Trinajstić information content (AvgIpc) is 3.14. The van der Waals surface area contributed by atoms with Crippen LogP contribution in [0.3, 0.4) is 0 Å². The summed E-state index contributed by atoms with van der Waals surface area (Å²) in [5, 5.41) is 4.72. The summed E-state index contributed by atoms with van der Waals surface area (Å²) < 4.78 is 19.3. The van der Waals surface area contributed by atoms with Gasteiger partial charge in [0.05, 0.1) is 18.0 Å². The normalized spacial score (nSPS) is 10.5. The molecule has 4 nitrogen and oxygen atoms in total. The summed E-state index contributed by atoms with van der Waals surface area (Å²) in [7, 11) is 0. The van der Waals surface area contributed by atoms with E-state index in [9.17, 15) is 9.18 Å². The first-order chi connectivity index (χ1) is 12.7. The summed E-state index contributed by atoms with van der Waals surface area (Å²) in [5.74, 6) is 0.741. The number of carbonyl (C=O) groups is 1. The molecular formula is C19H17FN2O2S2. The highest BCUT2D eigenvalue weighted by Gasteiger charge is 2.08. The molecule has 1 amide bonds. The van der Waals surface area contributed by atoms with Gasteiger partial charge in [-0.25, -0.2) is 9.37 Å². The largest absolute Gasteiger partial charge is 0.492 e. The van der Waals surface area contributed by atoms with Crippen molar-refractivity contribution in [3.63, 3.8) is 0 Å². The van der Waals surface area contributed by atoms with Gasteiger partial charge in [-0.05, 0) is 36.4 Å². The van der Waals surface area contributed by atoms with E-state index in [1.54, 1.807) is 12.1 Å². The molecule has 1 aromatic heterocycles. The van der Waals surface area contributed by atoms with Crippen LogP contribution in [0.25, 0.3) is 11.3 Å². The lowest BCUT2D eigenvalue weighted by Gasteiger charge is -2.07. The van der Waals surface area contributed by atoms with Crippen LogP contribution >= 0.6 is 23.1 Å². The van der Waals surface area contributed by atoms with Crippen molar-refractivity contribution < 1.29 is 13.9 Å². The lowest BCUT2D eigenvalue weighted by atomic mass is 10.2. The number of thioether (sulfide) groups is 1. The lowest BCUT2D eigenvalue weighted by Crippen LogP contribution is -2.29. The Labute approximate surface area is 159 Å². The van der Waals surface area contributed by atoms with Gasteiger partial charge in [0.2, 0.25) is 5.91 Å². The van der Waals surface area contributed by atoms with E-state index in [-0.39, 0.29) is 11.7 Å². The molecule has 26 heavy (non-hydrogen) atoms. The van der Waals surface area contributed by atoms with Gasteiger partial charge in [-0.2, -0.15) is 0 Å². The van der Waals surface area contributed by atoms with Crippen molar-refractivity contribution in [2.75, 3.05) is 18.9 Å². The molecule has 134 valence electrons.